The molecule has 0 spiro atoms. The number of anilines is 1. The van der Waals surface area contributed by atoms with Gasteiger partial charge in [0.1, 0.15) is 0 Å². The van der Waals surface area contributed by atoms with Crippen LogP contribution >= 0.6 is 0 Å². The van der Waals surface area contributed by atoms with E-state index in [0.29, 0.717) is 18.8 Å². The van der Waals surface area contributed by atoms with Crippen LogP contribution in [0.5, 0.6) is 0 Å². The zero-order chi connectivity index (χ0) is 15.7. The van der Waals surface area contributed by atoms with Gasteiger partial charge in [-0.1, -0.05) is 12.1 Å². The Morgan fingerprint density at radius 1 is 1.10 bits per heavy atom. The van der Waals surface area contributed by atoms with Crippen LogP contribution in [0.4, 0.5) is 5.69 Å². The van der Waals surface area contributed by atoms with Crippen LogP contribution in [-0.2, 0) is 25.7 Å². The molecule has 0 atom stereocenters. The number of esters is 1. The Morgan fingerprint density at radius 2 is 1.76 bits per heavy atom. The number of rotatable bonds is 7. The lowest BCUT2D eigenvalue weighted by Gasteiger charge is -2.07. The molecular weight excluding hydrogens is 272 g/mol. The molecule has 21 heavy (non-hydrogen) atoms. The number of nitrogens with one attached hydrogen (secondary N) is 2. The van der Waals surface area contributed by atoms with Crippen molar-refractivity contribution in [2.24, 2.45) is 0 Å². The highest BCUT2D eigenvalue weighted by Crippen LogP contribution is 2.09. The van der Waals surface area contributed by atoms with E-state index in [1.807, 2.05) is 12.1 Å². The highest BCUT2D eigenvalue weighted by molar-refractivity contribution is 5.88. The van der Waals surface area contributed by atoms with E-state index in [0.717, 1.165) is 5.56 Å². The molecule has 0 bridgehead atoms. The van der Waals surface area contributed by atoms with Crippen molar-refractivity contribution in [2.45, 2.75) is 33.2 Å². The third-order valence-corrected chi connectivity index (χ3v) is 2.63. The first-order valence-electron chi connectivity index (χ1n) is 6.80. The molecule has 0 heterocycles. The fourth-order valence-corrected chi connectivity index (χ4v) is 1.65. The van der Waals surface area contributed by atoms with E-state index in [2.05, 4.69) is 10.6 Å². The molecule has 0 saturated heterocycles. The number of carbonyl (C=O) groups excluding carboxylic acids is 3. The zero-order valence-electron chi connectivity index (χ0n) is 12.3. The van der Waals surface area contributed by atoms with Crippen LogP contribution in [-0.4, -0.2) is 24.4 Å². The topological polar surface area (TPSA) is 84.5 Å². The van der Waals surface area contributed by atoms with E-state index < -0.39 is 0 Å². The molecule has 6 heteroatoms. The standard InChI is InChI=1S/C15H20N2O4/c1-3-21-15(20)9-8-14(19)16-10-12-4-6-13(7-5-12)17-11(2)18/h4-7H,3,8-10H2,1-2H3,(H,16,19)(H,17,18). The van der Waals surface area contributed by atoms with Crippen molar-refractivity contribution in [1.29, 1.82) is 0 Å². The lowest BCUT2D eigenvalue weighted by molar-refractivity contribution is -0.144. The summed E-state index contributed by atoms with van der Waals surface area (Å²) in [7, 11) is 0. The summed E-state index contributed by atoms with van der Waals surface area (Å²) < 4.78 is 4.75. The fraction of sp³-hybridized carbons (Fsp3) is 0.400. The van der Waals surface area contributed by atoms with Crippen molar-refractivity contribution in [3.05, 3.63) is 29.8 Å². The van der Waals surface area contributed by atoms with E-state index >= 15 is 0 Å². The summed E-state index contributed by atoms with van der Waals surface area (Å²) in [6.45, 7) is 3.86. The first-order chi connectivity index (χ1) is 10.0. The van der Waals surface area contributed by atoms with Gasteiger partial charge in [-0.3, -0.25) is 14.4 Å². The molecule has 0 fully saturated rings. The predicted molar refractivity (Wildman–Crippen MR) is 78.5 cm³/mol. The largest absolute Gasteiger partial charge is 0.466 e. The van der Waals surface area contributed by atoms with E-state index in [-0.39, 0.29) is 30.6 Å². The average Bonchev–Trinajstić information content (AvgIpc) is 2.44. The van der Waals surface area contributed by atoms with E-state index in [1.54, 1.807) is 19.1 Å². The van der Waals surface area contributed by atoms with Gasteiger partial charge < -0.3 is 15.4 Å². The highest BCUT2D eigenvalue weighted by Gasteiger charge is 2.07. The second-order valence-electron chi connectivity index (χ2n) is 4.46. The zero-order valence-corrected chi connectivity index (χ0v) is 12.3. The molecule has 0 radical (unpaired) electrons. The third kappa shape index (κ3) is 7.10. The normalized spacial score (nSPS) is 9.81. The second-order valence-corrected chi connectivity index (χ2v) is 4.46. The summed E-state index contributed by atoms with van der Waals surface area (Å²) in [5, 5.41) is 5.39. The van der Waals surface area contributed by atoms with Gasteiger partial charge in [0.15, 0.2) is 0 Å². The molecule has 1 aromatic rings. The van der Waals surface area contributed by atoms with Gasteiger partial charge in [-0.15, -0.1) is 0 Å². The highest BCUT2D eigenvalue weighted by atomic mass is 16.5. The maximum Gasteiger partial charge on any atom is 0.306 e. The monoisotopic (exact) mass is 292 g/mol. The maximum absolute atomic E-state index is 11.6. The smallest absolute Gasteiger partial charge is 0.306 e. The van der Waals surface area contributed by atoms with Crippen LogP contribution in [0.2, 0.25) is 0 Å². The Hall–Kier alpha value is -2.37. The van der Waals surface area contributed by atoms with Gasteiger partial charge in [0.25, 0.3) is 0 Å². The molecular formula is C15H20N2O4. The third-order valence-electron chi connectivity index (χ3n) is 2.63. The average molecular weight is 292 g/mol. The lowest BCUT2D eigenvalue weighted by Crippen LogP contribution is -2.23. The van der Waals surface area contributed by atoms with Crippen molar-refractivity contribution in [3.63, 3.8) is 0 Å². The minimum Gasteiger partial charge on any atom is -0.466 e. The molecule has 0 aliphatic rings. The number of amides is 2. The Balaban J connectivity index is 2.32. The summed E-state index contributed by atoms with van der Waals surface area (Å²) in [6, 6.07) is 7.16. The van der Waals surface area contributed by atoms with Gasteiger partial charge in [-0.05, 0) is 24.6 Å². The number of hydrogen-bond acceptors (Lipinski definition) is 4. The molecule has 6 nitrogen and oxygen atoms in total. The molecule has 0 aliphatic heterocycles. The van der Waals surface area contributed by atoms with Crippen LogP contribution < -0.4 is 10.6 Å². The molecule has 0 unspecified atom stereocenters. The SMILES string of the molecule is CCOC(=O)CCC(=O)NCc1ccc(NC(C)=O)cc1. The number of ether oxygens (including phenoxy) is 1. The van der Waals surface area contributed by atoms with Crippen LogP contribution in [0.15, 0.2) is 24.3 Å². The first kappa shape index (κ1) is 16.7. The van der Waals surface area contributed by atoms with Gasteiger partial charge in [0.05, 0.1) is 13.0 Å². The molecule has 1 aromatic carbocycles. The molecule has 114 valence electrons. The number of benzene rings is 1. The van der Waals surface area contributed by atoms with Crippen molar-refractivity contribution in [3.8, 4) is 0 Å². The van der Waals surface area contributed by atoms with Crippen molar-refractivity contribution in [1.82, 2.24) is 5.32 Å². The Morgan fingerprint density at radius 3 is 2.33 bits per heavy atom. The Bertz CT molecular complexity index is 497. The summed E-state index contributed by atoms with van der Waals surface area (Å²) >= 11 is 0. The maximum atomic E-state index is 11.6. The summed E-state index contributed by atoms with van der Waals surface area (Å²) in [4.78, 5) is 33.6. The summed E-state index contributed by atoms with van der Waals surface area (Å²) in [5.74, 6) is -0.698. The summed E-state index contributed by atoms with van der Waals surface area (Å²) in [6.07, 6.45) is 0.198. The van der Waals surface area contributed by atoms with E-state index in [4.69, 9.17) is 4.74 Å². The molecule has 1 rings (SSSR count). The first-order valence-corrected chi connectivity index (χ1v) is 6.80. The van der Waals surface area contributed by atoms with Crippen LogP contribution in [0.1, 0.15) is 32.3 Å². The summed E-state index contributed by atoms with van der Waals surface area (Å²) in [5.41, 5.74) is 1.62. The molecule has 2 N–H and O–H groups in total. The Kier molecular flexibility index (Phi) is 6.94. The minimum absolute atomic E-state index is 0.0845. The van der Waals surface area contributed by atoms with Gasteiger partial charge in [0.2, 0.25) is 11.8 Å². The second kappa shape index (κ2) is 8.73. The molecule has 0 aliphatic carbocycles. The number of hydrogen-bond donors (Lipinski definition) is 2. The minimum atomic E-state index is -0.368. The van der Waals surface area contributed by atoms with Gasteiger partial charge in [-0.25, -0.2) is 0 Å². The van der Waals surface area contributed by atoms with Crippen LogP contribution in [0.3, 0.4) is 0 Å². The van der Waals surface area contributed by atoms with Crippen molar-refractivity contribution < 1.29 is 19.1 Å². The molecule has 0 aromatic heterocycles. The van der Waals surface area contributed by atoms with Gasteiger partial charge in [0, 0.05) is 25.6 Å². The van der Waals surface area contributed by atoms with Crippen molar-refractivity contribution in [2.75, 3.05) is 11.9 Å². The van der Waals surface area contributed by atoms with Crippen LogP contribution in [0, 0.1) is 0 Å². The number of carbonyl (C=O) groups is 3. The van der Waals surface area contributed by atoms with Gasteiger partial charge >= 0.3 is 5.97 Å². The molecule has 2 amide bonds. The fourth-order valence-electron chi connectivity index (χ4n) is 1.65. The van der Waals surface area contributed by atoms with E-state index in [1.165, 1.54) is 6.92 Å². The lowest BCUT2D eigenvalue weighted by atomic mass is 10.2. The van der Waals surface area contributed by atoms with Crippen molar-refractivity contribution >= 4 is 23.5 Å². The van der Waals surface area contributed by atoms with E-state index in [9.17, 15) is 14.4 Å². The Labute approximate surface area is 123 Å². The van der Waals surface area contributed by atoms with Crippen LogP contribution in [0.25, 0.3) is 0 Å². The molecule has 0 saturated carbocycles. The van der Waals surface area contributed by atoms with Gasteiger partial charge in [-0.2, -0.15) is 0 Å². The quantitative estimate of drug-likeness (QED) is 0.748. The predicted octanol–water partition coefficient (Wildman–Crippen LogP) is 1.60.